The number of hydrogen-bond acceptors (Lipinski definition) is 4. The number of benzene rings is 1. The van der Waals surface area contributed by atoms with Crippen LogP contribution in [0.2, 0.25) is 0 Å². The molecule has 0 heterocycles. The zero-order chi connectivity index (χ0) is 10.6. The molecule has 0 atom stereocenters. The van der Waals surface area contributed by atoms with E-state index in [1.54, 1.807) is 14.2 Å². The highest BCUT2D eigenvalue weighted by atomic mass is 79.9. The Labute approximate surface area is 91.0 Å². The maximum Gasteiger partial charge on any atom is 0.161 e. The van der Waals surface area contributed by atoms with Crippen molar-refractivity contribution in [3.05, 3.63) is 22.2 Å². The Balaban J connectivity index is 3.09. The maximum atomic E-state index is 5.14. The molecule has 5 heteroatoms. The van der Waals surface area contributed by atoms with Gasteiger partial charge in [0.2, 0.25) is 0 Å². The molecule has 0 aliphatic carbocycles. The summed E-state index contributed by atoms with van der Waals surface area (Å²) in [7, 11) is 3.17. The Morgan fingerprint density at radius 2 is 1.79 bits per heavy atom. The van der Waals surface area contributed by atoms with Crippen molar-refractivity contribution < 1.29 is 14.3 Å². The maximum absolute atomic E-state index is 5.14. The summed E-state index contributed by atoms with van der Waals surface area (Å²) in [6, 6.07) is 3.63. The summed E-state index contributed by atoms with van der Waals surface area (Å²) >= 11 is 3.38. The van der Waals surface area contributed by atoms with E-state index in [1.165, 1.54) is 0 Å². The van der Waals surface area contributed by atoms with Gasteiger partial charge in [-0.2, -0.15) is 0 Å². The second-order valence-electron chi connectivity index (χ2n) is 2.61. The molecule has 1 aromatic carbocycles. The Bertz CT molecular complexity index is 317. The van der Waals surface area contributed by atoms with E-state index in [-0.39, 0.29) is 0 Å². The largest absolute Gasteiger partial charge is 0.493 e. The molecule has 78 valence electrons. The SMILES string of the molecule is COc1cc(Br)c(CON)cc1OC. The van der Waals surface area contributed by atoms with E-state index >= 15 is 0 Å². The molecule has 0 spiro atoms. The highest BCUT2D eigenvalue weighted by Crippen LogP contribution is 2.33. The summed E-state index contributed by atoms with van der Waals surface area (Å²) in [5.41, 5.74) is 0.908. The van der Waals surface area contributed by atoms with Crippen LogP contribution in [0.4, 0.5) is 0 Å². The molecule has 1 aromatic rings. The lowest BCUT2D eigenvalue weighted by atomic mass is 10.2. The van der Waals surface area contributed by atoms with Gasteiger partial charge in [0, 0.05) is 4.47 Å². The molecule has 1 rings (SSSR count). The first kappa shape index (κ1) is 11.3. The first-order chi connectivity index (χ1) is 6.72. The molecule has 0 aliphatic rings. The number of ether oxygens (including phenoxy) is 2. The summed E-state index contributed by atoms with van der Waals surface area (Å²) < 4.78 is 11.1. The number of nitrogens with two attached hydrogens (primary N) is 1. The van der Waals surface area contributed by atoms with Gasteiger partial charge in [0.25, 0.3) is 0 Å². The van der Waals surface area contributed by atoms with Crippen molar-refractivity contribution in [3.63, 3.8) is 0 Å². The molecule has 0 radical (unpaired) electrons. The molecular weight excluding hydrogens is 250 g/mol. The third kappa shape index (κ3) is 2.37. The van der Waals surface area contributed by atoms with Crippen molar-refractivity contribution in [1.82, 2.24) is 0 Å². The van der Waals surface area contributed by atoms with Crippen LogP contribution < -0.4 is 15.4 Å². The zero-order valence-corrected chi connectivity index (χ0v) is 9.63. The van der Waals surface area contributed by atoms with Crippen LogP contribution in [-0.4, -0.2) is 14.2 Å². The highest BCUT2D eigenvalue weighted by molar-refractivity contribution is 9.10. The van der Waals surface area contributed by atoms with Crippen molar-refractivity contribution in [2.24, 2.45) is 5.90 Å². The van der Waals surface area contributed by atoms with Gasteiger partial charge in [0.1, 0.15) is 0 Å². The molecule has 4 nitrogen and oxygen atoms in total. The molecule has 2 N–H and O–H groups in total. The lowest BCUT2D eigenvalue weighted by Crippen LogP contribution is -2.01. The fourth-order valence-electron chi connectivity index (χ4n) is 1.10. The lowest BCUT2D eigenvalue weighted by molar-refractivity contribution is 0.123. The van der Waals surface area contributed by atoms with E-state index in [0.29, 0.717) is 18.1 Å². The van der Waals surface area contributed by atoms with Crippen LogP contribution in [0.15, 0.2) is 16.6 Å². The second-order valence-corrected chi connectivity index (χ2v) is 3.46. The summed E-state index contributed by atoms with van der Waals surface area (Å²) in [5.74, 6) is 6.32. The van der Waals surface area contributed by atoms with E-state index in [2.05, 4.69) is 20.8 Å². The quantitative estimate of drug-likeness (QED) is 0.841. The second kappa shape index (κ2) is 5.19. The fourth-order valence-corrected chi connectivity index (χ4v) is 1.53. The average molecular weight is 262 g/mol. The standard InChI is InChI=1S/C9H12BrNO3/c1-12-8-3-6(5-14-11)7(10)4-9(8)13-2/h3-4H,5,11H2,1-2H3. The van der Waals surface area contributed by atoms with Crippen molar-refractivity contribution in [3.8, 4) is 11.5 Å². The predicted octanol–water partition coefficient (Wildman–Crippen LogP) is 1.86. The Kier molecular flexibility index (Phi) is 4.19. The van der Waals surface area contributed by atoms with E-state index in [1.807, 2.05) is 12.1 Å². The third-order valence-electron chi connectivity index (χ3n) is 1.79. The Morgan fingerprint density at radius 3 is 2.29 bits per heavy atom. The van der Waals surface area contributed by atoms with Crippen LogP contribution in [0.3, 0.4) is 0 Å². The summed E-state index contributed by atoms with van der Waals surface area (Å²) in [5, 5.41) is 0. The first-order valence-electron chi connectivity index (χ1n) is 3.95. The molecule has 0 bridgehead atoms. The number of methoxy groups -OCH3 is 2. The summed E-state index contributed by atoms with van der Waals surface area (Å²) in [4.78, 5) is 4.56. The number of rotatable bonds is 4. The van der Waals surface area contributed by atoms with Gasteiger partial charge in [0.15, 0.2) is 11.5 Å². The van der Waals surface area contributed by atoms with E-state index in [9.17, 15) is 0 Å². The first-order valence-corrected chi connectivity index (χ1v) is 4.74. The average Bonchev–Trinajstić information content (AvgIpc) is 2.20. The number of halogens is 1. The molecule has 0 amide bonds. The molecular formula is C9H12BrNO3. The van der Waals surface area contributed by atoms with E-state index in [0.717, 1.165) is 10.0 Å². The monoisotopic (exact) mass is 261 g/mol. The van der Waals surface area contributed by atoms with Crippen molar-refractivity contribution >= 4 is 15.9 Å². The van der Waals surface area contributed by atoms with Crippen LogP contribution in [-0.2, 0) is 11.4 Å². The minimum atomic E-state index is 0.320. The third-order valence-corrected chi connectivity index (χ3v) is 2.53. The van der Waals surface area contributed by atoms with Gasteiger partial charge in [-0.1, -0.05) is 15.9 Å². The summed E-state index contributed by atoms with van der Waals surface area (Å²) in [6.07, 6.45) is 0. The smallest absolute Gasteiger partial charge is 0.161 e. The number of hydrogen-bond donors (Lipinski definition) is 1. The van der Waals surface area contributed by atoms with Crippen LogP contribution in [0.5, 0.6) is 11.5 Å². The molecule has 14 heavy (non-hydrogen) atoms. The lowest BCUT2D eigenvalue weighted by Gasteiger charge is -2.10. The van der Waals surface area contributed by atoms with Crippen molar-refractivity contribution in [2.45, 2.75) is 6.61 Å². The van der Waals surface area contributed by atoms with Crippen LogP contribution >= 0.6 is 15.9 Å². The molecule has 0 aromatic heterocycles. The van der Waals surface area contributed by atoms with Gasteiger partial charge in [-0.3, -0.25) is 4.84 Å². The molecule has 0 saturated heterocycles. The van der Waals surface area contributed by atoms with Gasteiger partial charge in [-0.25, -0.2) is 5.90 Å². The van der Waals surface area contributed by atoms with Crippen LogP contribution in [0.25, 0.3) is 0 Å². The fraction of sp³-hybridized carbons (Fsp3) is 0.333. The van der Waals surface area contributed by atoms with E-state index < -0.39 is 0 Å². The minimum absolute atomic E-state index is 0.320. The Morgan fingerprint density at radius 1 is 1.21 bits per heavy atom. The normalized spacial score (nSPS) is 10.0. The van der Waals surface area contributed by atoms with Crippen LogP contribution in [0.1, 0.15) is 5.56 Å². The van der Waals surface area contributed by atoms with Gasteiger partial charge < -0.3 is 9.47 Å². The molecule has 0 unspecified atom stereocenters. The van der Waals surface area contributed by atoms with Gasteiger partial charge in [0.05, 0.1) is 20.8 Å². The van der Waals surface area contributed by atoms with Crippen molar-refractivity contribution in [2.75, 3.05) is 14.2 Å². The van der Waals surface area contributed by atoms with Gasteiger partial charge in [-0.15, -0.1) is 0 Å². The minimum Gasteiger partial charge on any atom is -0.493 e. The van der Waals surface area contributed by atoms with Gasteiger partial charge in [-0.05, 0) is 17.7 Å². The molecule has 0 saturated carbocycles. The predicted molar refractivity (Wildman–Crippen MR) is 56.2 cm³/mol. The molecule has 0 fully saturated rings. The van der Waals surface area contributed by atoms with Gasteiger partial charge >= 0.3 is 0 Å². The van der Waals surface area contributed by atoms with E-state index in [4.69, 9.17) is 15.4 Å². The zero-order valence-electron chi connectivity index (χ0n) is 8.04. The topological polar surface area (TPSA) is 53.7 Å². The van der Waals surface area contributed by atoms with Crippen LogP contribution in [0, 0.1) is 0 Å². The molecule has 0 aliphatic heterocycles. The van der Waals surface area contributed by atoms with Crippen molar-refractivity contribution in [1.29, 1.82) is 0 Å². The Hall–Kier alpha value is -0.780. The highest BCUT2D eigenvalue weighted by Gasteiger charge is 2.08. The summed E-state index contributed by atoms with van der Waals surface area (Å²) in [6.45, 7) is 0.320.